The first-order valence-electron chi connectivity index (χ1n) is 7.22. The van der Waals surface area contributed by atoms with Gasteiger partial charge >= 0.3 is 5.97 Å². The number of hydrogen-bond donors (Lipinski definition) is 2. The van der Waals surface area contributed by atoms with Crippen LogP contribution in [0.25, 0.3) is 0 Å². The van der Waals surface area contributed by atoms with Crippen molar-refractivity contribution < 1.29 is 19.4 Å². The maximum atomic E-state index is 12.1. The van der Waals surface area contributed by atoms with E-state index in [2.05, 4.69) is 5.32 Å². The number of aliphatic hydroxyl groups is 1. The summed E-state index contributed by atoms with van der Waals surface area (Å²) in [6.07, 6.45) is -0.750. The molecule has 2 N–H and O–H groups in total. The second-order valence-electron chi connectivity index (χ2n) is 5.84. The molecule has 3 heterocycles. The van der Waals surface area contributed by atoms with E-state index in [1.807, 2.05) is 29.2 Å². The van der Waals surface area contributed by atoms with Crippen LogP contribution in [-0.4, -0.2) is 47.6 Å². The zero-order chi connectivity index (χ0) is 15.4. The van der Waals surface area contributed by atoms with E-state index in [1.165, 1.54) is 0 Å². The summed E-state index contributed by atoms with van der Waals surface area (Å²) in [5, 5.41) is 13.8. The summed E-state index contributed by atoms with van der Waals surface area (Å²) >= 11 is 5.44. The zero-order valence-electron chi connectivity index (χ0n) is 11.9. The number of hydrogen-bond acceptors (Lipinski definition) is 5. The second-order valence-corrected chi connectivity index (χ2v) is 6.23. The number of anilines is 1. The quantitative estimate of drug-likeness (QED) is 0.605. The van der Waals surface area contributed by atoms with Gasteiger partial charge in [0.25, 0.3) is 0 Å². The molecule has 5 rings (SSSR count). The van der Waals surface area contributed by atoms with E-state index >= 15 is 0 Å². The van der Waals surface area contributed by atoms with Crippen LogP contribution in [0.3, 0.4) is 0 Å². The Balaban J connectivity index is 1.71. The number of nitrogens with one attached hydrogen (secondary N) is 1. The number of esters is 1. The van der Waals surface area contributed by atoms with Crippen molar-refractivity contribution in [1.82, 2.24) is 5.32 Å². The summed E-state index contributed by atoms with van der Waals surface area (Å²) in [5.41, 5.74) is 0.903. The lowest BCUT2D eigenvalue weighted by atomic mass is 9.75. The Kier molecular flexibility index (Phi) is 3.02. The molecule has 116 valence electrons. The molecular formula is C15H16N2O4S. The third-order valence-corrected chi connectivity index (χ3v) is 5.04. The molecule has 2 bridgehead atoms. The minimum absolute atomic E-state index is 0.115. The Morgan fingerprint density at radius 3 is 2.82 bits per heavy atom. The molecule has 1 aromatic carbocycles. The number of benzene rings is 1. The largest absolute Gasteiger partial charge is 0.497 e. The summed E-state index contributed by atoms with van der Waals surface area (Å²) in [5.74, 6) is 0.139. The topological polar surface area (TPSA) is 71.0 Å². The number of nitrogens with zero attached hydrogens (tertiary/aromatic N) is 1. The molecular weight excluding hydrogens is 304 g/mol. The van der Waals surface area contributed by atoms with Crippen molar-refractivity contribution in [2.24, 2.45) is 5.92 Å². The van der Waals surface area contributed by atoms with Gasteiger partial charge in [-0.15, -0.1) is 0 Å². The van der Waals surface area contributed by atoms with Crippen LogP contribution in [0.4, 0.5) is 5.69 Å². The van der Waals surface area contributed by atoms with Gasteiger partial charge in [0.15, 0.2) is 5.11 Å². The van der Waals surface area contributed by atoms with Crippen LogP contribution in [0.1, 0.15) is 6.42 Å². The van der Waals surface area contributed by atoms with Crippen molar-refractivity contribution >= 4 is 29.0 Å². The van der Waals surface area contributed by atoms with Gasteiger partial charge in [0.2, 0.25) is 0 Å². The number of ether oxygens (including phenoxy) is 2. The average Bonchev–Trinajstić information content (AvgIpc) is 2.87. The van der Waals surface area contributed by atoms with Gasteiger partial charge in [-0.25, -0.2) is 0 Å². The van der Waals surface area contributed by atoms with Gasteiger partial charge in [0, 0.05) is 5.69 Å². The third kappa shape index (κ3) is 1.82. The number of carbonyl (C=O) groups is 1. The van der Waals surface area contributed by atoms with Crippen molar-refractivity contribution in [2.45, 2.75) is 30.7 Å². The molecule has 3 saturated heterocycles. The third-order valence-electron chi connectivity index (χ3n) is 4.72. The predicted molar refractivity (Wildman–Crippen MR) is 82.8 cm³/mol. The highest BCUT2D eigenvalue weighted by atomic mass is 32.1. The number of thiocarbonyl (C=S) groups is 1. The molecule has 4 fully saturated rings. The molecule has 1 aliphatic carbocycles. The maximum Gasteiger partial charge on any atom is 0.311 e. The summed E-state index contributed by atoms with van der Waals surface area (Å²) in [6.45, 7) is 0. The van der Waals surface area contributed by atoms with Gasteiger partial charge in [-0.05, 0) is 42.9 Å². The lowest BCUT2D eigenvalue weighted by Crippen LogP contribution is -2.66. The van der Waals surface area contributed by atoms with Crippen LogP contribution in [0.15, 0.2) is 24.3 Å². The van der Waals surface area contributed by atoms with Gasteiger partial charge in [-0.2, -0.15) is 0 Å². The highest BCUT2D eigenvalue weighted by Gasteiger charge is 2.60. The van der Waals surface area contributed by atoms with E-state index in [4.69, 9.17) is 21.7 Å². The normalized spacial score (nSPS) is 35.9. The fraction of sp³-hybridized carbons (Fsp3) is 0.467. The van der Waals surface area contributed by atoms with Crippen LogP contribution < -0.4 is 15.0 Å². The molecule has 5 atom stereocenters. The second kappa shape index (κ2) is 4.82. The van der Waals surface area contributed by atoms with Gasteiger partial charge in [-0.1, -0.05) is 0 Å². The zero-order valence-corrected chi connectivity index (χ0v) is 12.7. The van der Waals surface area contributed by atoms with Crippen LogP contribution >= 0.6 is 12.2 Å². The number of aliphatic hydroxyl groups excluding tert-OH is 1. The van der Waals surface area contributed by atoms with E-state index in [0.29, 0.717) is 11.5 Å². The average molecular weight is 320 g/mol. The Bertz CT molecular complexity index is 635. The molecule has 0 unspecified atom stereocenters. The highest BCUT2D eigenvalue weighted by Crippen LogP contribution is 2.42. The molecule has 22 heavy (non-hydrogen) atoms. The van der Waals surface area contributed by atoms with Crippen molar-refractivity contribution in [2.75, 3.05) is 12.0 Å². The predicted octanol–water partition coefficient (Wildman–Crippen LogP) is 0.433. The first kappa shape index (κ1) is 13.8. The summed E-state index contributed by atoms with van der Waals surface area (Å²) in [4.78, 5) is 14.0. The van der Waals surface area contributed by atoms with E-state index in [1.54, 1.807) is 7.11 Å². The van der Waals surface area contributed by atoms with Gasteiger partial charge in [0.05, 0.1) is 31.2 Å². The van der Waals surface area contributed by atoms with E-state index in [9.17, 15) is 9.90 Å². The molecule has 0 radical (unpaired) electrons. The maximum absolute atomic E-state index is 12.1. The Morgan fingerprint density at radius 2 is 2.14 bits per heavy atom. The standard InChI is InChI=1S/C15H16N2O4S/c1-20-8-4-2-7(3-5-8)17-12-9-6-10(18)13(21-14(9)19)11(12)16-15(17)22/h2-5,9-13,18H,6H2,1H3,(H,16,22)/t9-,10+,11+,12+,13-/m0/s1. The Hall–Kier alpha value is -1.86. The van der Waals surface area contributed by atoms with Crippen molar-refractivity contribution in [3.8, 4) is 5.75 Å². The van der Waals surface area contributed by atoms with Crippen LogP contribution in [0, 0.1) is 5.92 Å². The number of carbonyl (C=O) groups excluding carboxylic acids is 1. The molecule has 3 aliphatic heterocycles. The van der Waals surface area contributed by atoms with Gasteiger partial charge in [-0.3, -0.25) is 4.79 Å². The van der Waals surface area contributed by atoms with E-state index in [-0.39, 0.29) is 24.0 Å². The highest BCUT2D eigenvalue weighted by molar-refractivity contribution is 7.80. The summed E-state index contributed by atoms with van der Waals surface area (Å²) in [7, 11) is 1.62. The first-order valence-corrected chi connectivity index (χ1v) is 7.63. The lowest BCUT2D eigenvalue weighted by molar-refractivity contribution is -0.188. The minimum atomic E-state index is -0.630. The fourth-order valence-electron chi connectivity index (χ4n) is 3.71. The number of methoxy groups -OCH3 is 1. The number of rotatable bonds is 2. The molecule has 6 nitrogen and oxygen atoms in total. The van der Waals surface area contributed by atoms with Crippen molar-refractivity contribution in [3.63, 3.8) is 0 Å². The SMILES string of the molecule is COc1ccc(N2C(=S)N[C@H]3[C@H]4OC(=O)[C@@H](C[C@H]4O)[C@H]32)cc1. The monoisotopic (exact) mass is 320 g/mol. The molecule has 7 heteroatoms. The Labute approximate surface area is 133 Å². The lowest BCUT2D eigenvalue weighted by Gasteiger charge is -2.47. The smallest absolute Gasteiger partial charge is 0.311 e. The molecule has 1 aromatic rings. The molecule has 4 aliphatic rings. The van der Waals surface area contributed by atoms with E-state index in [0.717, 1.165) is 11.4 Å². The molecule has 0 spiro atoms. The van der Waals surface area contributed by atoms with Crippen LogP contribution in [0.2, 0.25) is 0 Å². The van der Waals surface area contributed by atoms with Gasteiger partial charge < -0.3 is 24.8 Å². The summed E-state index contributed by atoms with van der Waals surface area (Å²) < 4.78 is 10.5. The number of fused-ring (bicyclic) bond motifs is 2. The van der Waals surface area contributed by atoms with E-state index < -0.39 is 12.2 Å². The minimum Gasteiger partial charge on any atom is -0.497 e. The van der Waals surface area contributed by atoms with Crippen LogP contribution in [0.5, 0.6) is 5.75 Å². The Morgan fingerprint density at radius 1 is 1.41 bits per heavy atom. The molecule has 1 saturated carbocycles. The molecule has 0 aromatic heterocycles. The van der Waals surface area contributed by atoms with Crippen LogP contribution in [-0.2, 0) is 9.53 Å². The van der Waals surface area contributed by atoms with Crippen molar-refractivity contribution in [3.05, 3.63) is 24.3 Å². The molecule has 0 amide bonds. The summed E-state index contributed by atoms with van der Waals surface area (Å²) in [6, 6.07) is 7.27. The first-order chi connectivity index (χ1) is 10.6. The van der Waals surface area contributed by atoms with Gasteiger partial charge in [0.1, 0.15) is 11.9 Å². The van der Waals surface area contributed by atoms with Crippen molar-refractivity contribution in [1.29, 1.82) is 0 Å². The fourth-order valence-corrected chi connectivity index (χ4v) is 4.08.